The molecule has 0 unspecified atom stereocenters. The third-order valence-corrected chi connectivity index (χ3v) is 3.62. The Morgan fingerprint density at radius 1 is 1.17 bits per heavy atom. The number of hydrogen-bond acceptors (Lipinski definition) is 5. The van der Waals surface area contributed by atoms with Crippen molar-refractivity contribution in [2.24, 2.45) is 0 Å². The van der Waals surface area contributed by atoms with Gasteiger partial charge in [0.15, 0.2) is 0 Å². The molecule has 0 aliphatic carbocycles. The summed E-state index contributed by atoms with van der Waals surface area (Å²) in [6.45, 7) is 5.81. The van der Waals surface area contributed by atoms with Crippen LogP contribution in [0.3, 0.4) is 0 Å². The van der Waals surface area contributed by atoms with Crippen LogP contribution in [0.15, 0.2) is 24.4 Å². The van der Waals surface area contributed by atoms with Gasteiger partial charge in [-0.25, -0.2) is 9.97 Å². The molecule has 0 saturated heterocycles. The molecule has 4 nitrogen and oxygen atoms in total. The van der Waals surface area contributed by atoms with Crippen molar-refractivity contribution in [2.75, 3.05) is 17.2 Å². The van der Waals surface area contributed by atoms with Gasteiger partial charge in [0.25, 0.3) is 0 Å². The second kappa shape index (κ2) is 6.35. The summed E-state index contributed by atoms with van der Waals surface area (Å²) in [5.41, 5.74) is 0. The Labute approximate surface area is 111 Å². The van der Waals surface area contributed by atoms with Crippen molar-refractivity contribution >= 4 is 23.0 Å². The van der Waals surface area contributed by atoms with Crippen molar-refractivity contribution in [1.29, 1.82) is 0 Å². The summed E-state index contributed by atoms with van der Waals surface area (Å²) >= 11 is 1.75. The molecule has 2 rings (SSSR count). The van der Waals surface area contributed by atoms with E-state index in [1.165, 1.54) is 4.88 Å². The Bertz CT molecular complexity index is 495. The second-order valence-corrected chi connectivity index (χ2v) is 5.07. The lowest BCUT2D eigenvalue weighted by atomic mass is 10.4. The van der Waals surface area contributed by atoms with Crippen LogP contribution < -0.4 is 10.6 Å². The number of nitrogens with one attached hydrogen (secondary N) is 2. The average Bonchev–Trinajstić information content (AvgIpc) is 2.85. The number of rotatable bonds is 6. The fraction of sp³-hybridized carbons (Fsp3) is 0.385. The maximum absolute atomic E-state index is 4.46. The number of aryl methyl sites for hydroxylation is 1. The van der Waals surface area contributed by atoms with Gasteiger partial charge in [0.1, 0.15) is 16.6 Å². The highest BCUT2D eigenvalue weighted by atomic mass is 32.1. The van der Waals surface area contributed by atoms with E-state index in [0.717, 1.165) is 36.2 Å². The predicted molar refractivity (Wildman–Crippen MR) is 77.2 cm³/mol. The third kappa shape index (κ3) is 3.43. The Morgan fingerprint density at radius 3 is 2.61 bits per heavy atom. The van der Waals surface area contributed by atoms with Gasteiger partial charge in [-0.05, 0) is 25.5 Å². The van der Waals surface area contributed by atoms with Crippen LogP contribution >= 0.6 is 11.3 Å². The van der Waals surface area contributed by atoms with Gasteiger partial charge in [-0.1, -0.05) is 13.0 Å². The first-order chi connectivity index (χ1) is 8.81. The second-order valence-electron chi connectivity index (χ2n) is 3.87. The van der Waals surface area contributed by atoms with Crippen LogP contribution in [0.5, 0.6) is 0 Å². The van der Waals surface area contributed by atoms with Gasteiger partial charge < -0.3 is 10.6 Å². The monoisotopic (exact) mass is 262 g/mol. The summed E-state index contributed by atoms with van der Waals surface area (Å²) < 4.78 is 0. The van der Waals surface area contributed by atoms with E-state index in [4.69, 9.17) is 0 Å². The molecule has 0 bridgehead atoms. The molecule has 0 atom stereocenters. The first-order valence-corrected chi connectivity index (χ1v) is 7.01. The summed E-state index contributed by atoms with van der Waals surface area (Å²) in [5.74, 6) is 1.78. The van der Waals surface area contributed by atoms with Crippen molar-refractivity contribution in [3.63, 3.8) is 0 Å². The van der Waals surface area contributed by atoms with Crippen LogP contribution in [0.2, 0.25) is 0 Å². The number of pyridine rings is 1. The molecule has 5 heteroatoms. The molecule has 18 heavy (non-hydrogen) atoms. The molecule has 0 aliphatic rings. The molecule has 0 fully saturated rings. The molecule has 0 radical (unpaired) electrons. The Morgan fingerprint density at radius 2 is 1.94 bits per heavy atom. The number of aromatic nitrogens is 2. The van der Waals surface area contributed by atoms with Crippen LogP contribution in [-0.2, 0) is 13.0 Å². The minimum Gasteiger partial charge on any atom is -0.370 e. The van der Waals surface area contributed by atoms with Gasteiger partial charge in [-0.2, -0.15) is 0 Å². The van der Waals surface area contributed by atoms with E-state index in [9.17, 15) is 0 Å². The summed E-state index contributed by atoms with van der Waals surface area (Å²) in [4.78, 5) is 10.2. The zero-order valence-corrected chi connectivity index (χ0v) is 11.5. The molecule has 0 saturated carbocycles. The normalized spacial score (nSPS) is 10.3. The van der Waals surface area contributed by atoms with E-state index in [0.29, 0.717) is 0 Å². The molecule has 2 aromatic heterocycles. The van der Waals surface area contributed by atoms with E-state index < -0.39 is 0 Å². The number of anilines is 2. The van der Waals surface area contributed by atoms with Crippen LogP contribution in [0.25, 0.3) is 0 Å². The molecule has 96 valence electrons. The van der Waals surface area contributed by atoms with Crippen LogP contribution in [0.4, 0.5) is 11.6 Å². The van der Waals surface area contributed by atoms with E-state index in [-0.39, 0.29) is 0 Å². The lowest BCUT2D eigenvalue weighted by Crippen LogP contribution is -2.04. The van der Waals surface area contributed by atoms with E-state index in [1.54, 1.807) is 11.3 Å². The van der Waals surface area contributed by atoms with Gasteiger partial charge >= 0.3 is 0 Å². The minimum atomic E-state index is 0.729. The lowest BCUT2D eigenvalue weighted by molar-refractivity contribution is 1.07. The van der Waals surface area contributed by atoms with E-state index in [2.05, 4.69) is 34.4 Å². The van der Waals surface area contributed by atoms with E-state index in [1.807, 2.05) is 24.4 Å². The van der Waals surface area contributed by atoms with Crippen LogP contribution in [0, 0.1) is 0 Å². The summed E-state index contributed by atoms with van der Waals surface area (Å²) in [6.07, 6.45) is 3.00. The zero-order valence-electron chi connectivity index (χ0n) is 10.7. The SMILES string of the molecule is CCNc1cccc(NCc2ncc(CC)s2)n1. The van der Waals surface area contributed by atoms with Gasteiger partial charge in [-0.15, -0.1) is 11.3 Å². The van der Waals surface area contributed by atoms with Gasteiger partial charge in [0.05, 0.1) is 6.54 Å². The van der Waals surface area contributed by atoms with Gasteiger partial charge in [0.2, 0.25) is 0 Å². The largest absolute Gasteiger partial charge is 0.370 e. The zero-order chi connectivity index (χ0) is 12.8. The predicted octanol–water partition coefficient (Wildman–Crippen LogP) is 3.14. The van der Waals surface area contributed by atoms with Crippen molar-refractivity contribution in [2.45, 2.75) is 26.8 Å². The van der Waals surface area contributed by atoms with Crippen molar-refractivity contribution in [1.82, 2.24) is 9.97 Å². The molecule has 2 heterocycles. The molecular weight excluding hydrogens is 244 g/mol. The number of hydrogen-bond donors (Lipinski definition) is 2. The molecule has 2 aromatic rings. The maximum atomic E-state index is 4.46. The minimum absolute atomic E-state index is 0.729. The van der Waals surface area contributed by atoms with Crippen molar-refractivity contribution in [3.05, 3.63) is 34.3 Å². The third-order valence-electron chi connectivity index (χ3n) is 2.48. The van der Waals surface area contributed by atoms with Crippen LogP contribution in [-0.4, -0.2) is 16.5 Å². The number of thiazole rings is 1. The lowest BCUT2D eigenvalue weighted by Gasteiger charge is -2.06. The van der Waals surface area contributed by atoms with Gasteiger partial charge in [-0.3, -0.25) is 0 Å². The molecule has 0 aliphatic heterocycles. The average molecular weight is 262 g/mol. The van der Waals surface area contributed by atoms with Crippen molar-refractivity contribution < 1.29 is 0 Å². The van der Waals surface area contributed by atoms with Gasteiger partial charge in [0, 0.05) is 17.6 Å². The summed E-state index contributed by atoms with van der Waals surface area (Å²) in [6, 6.07) is 5.93. The summed E-state index contributed by atoms with van der Waals surface area (Å²) in [5, 5.41) is 7.59. The fourth-order valence-electron chi connectivity index (χ4n) is 1.57. The molecule has 0 amide bonds. The molecule has 0 aromatic carbocycles. The summed E-state index contributed by atoms with van der Waals surface area (Å²) in [7, 11) is 0. The molecule has 2 N–H and O–H groups in total. The Hall–Kier alpha value is -1.62. The smallest absolute Gasteiger partial charge is 0.128 e. The first-order valence-electron chi connectivity index (χ1n) is 6.20. The highest BCUT2D eigenvalue weighted by Crippen LogP contribution is 2.15. The highest BCUT2D eigenvalue weighted by molar-refractivity contribution is 7.11. The maximum Gasteiger partial charge on any atom is 0.128 e. The first kappa shape index (κ1) is 12.8. The number of nitrogens with zero attached hydrogens (tertiary/aromatic N) is 2. The van der Waals surface area contributed by atoms with Crippen molar-refractivity contribution in [3.8, 4) is 0 Å². The van der Waals surface area contributed by atoms with E-state index >= 15 is 0 Å². The highest BCUT2D eigenvalue weighted by Gasteiger charge is 2.01. The quantitative estimate of drug-likeness (QED) is 0.839. The van der Waals surface area contributed by atoms with Crippen LogP contribution in [0.1, 0.15) is 23.7 Å². The topological polar surface area (TPSA) is 49.8 Å². The standard InChI is InChI=1S/C13H18N4S/c1-3-10-8-16-13(18-10)9-15-12-7-5-6-11(17-12)14-4-2/h5-8H,3-4,9H2,1-2H3,(H2,14,15,17). The molecular formula is C13H18N4S. The Balaban J connectivity index is 1.94. The fourth-order valence-corrected chi connectivity index (χ4v) is 2.37. The Kier molecular flexibility index (Phi) is 4.52. The molecule has 0 spiro atoms.